The minimum absolute atomic E-state index is 0.0297. The summed E-state index contributed by atoms with van der Waals surface area (Å²) in [7, 11) is 0. The zero-order valence-corrected chi connectivity index (χ0v) is 20.3. The lowest BCUT2D eigenvalue weighted by Crippen LogP contribution is -2.60. The number of nitrogens with zero attached hydrogens (tertiary/aromatic N) is 3. The summed E-state index contributed by atoms with van der Waals surface area (Å²) in [6.07, 6.45) is -3.56. The van der Waals surface area contributed by atoms with Gasteiger partial charge in [-0.3, -0.25) is 19.3 Å². The first-order valence-corrected chi connectivity index (χ1v) is 12.2. The monoisotopic (exact) mass is 537 g/mol. The summed E-state index contributed by atoms with van der Waals surface area (Å²) in [5.41, 5.74) is -0.608. The number of rotatable bonds is 2. The molecule has 2 aromatic carbocycles. The number of halogens is 5. The summed E-state index contributed by atoms with van der Waals surface area (Å²) in [6, 6.07) is 5.97. The van der Waals surface area contributed by atoms with Gasteiger partial charge >= 0.3 is 6.18 Å². The number of amides is 1. The van der Waals surface area contributed by atoms with Crippen LogP contribution in [-0.4, -0.2) is 39.5 Å². The number of aromatic nitrogens is 1. The molecule has 0 aliphatic carbocycles. The van der Waals surface area contributed by atoms with Crippen molar-refractivity contribution in [2.24, 2.45) is 0 Å². The van der Waals surface area contributed by atoms with Gasteiger partial charge in [-0.2, -0.15) is 13.2 Å². The summed E-state index contributed by atoms with van der Waals surface area (Å²) >= 11 is 1.24. The Balaban J connectivity index is 1.82. The fourth-order valence-corrected chi connectivity index (χ4v) is 5.82. The molecular weight excluding hydrogens is 517 g/mol. The molecule has 1 amide bonds. The van der Waals surface area contributed by atoms with Gasteiger partial charge in [0.2, 0.25) is 5.43 Å². The lowest BCUT2D eigenvalue weighted by atomic mass is 9.93. The fourth-order valence-electron chi connectivity index (χ4n) is 4.70. The first kappa shape index (κ1) is 25.1. The van der Waals surface area contributed by atoms with Crippen molar-refractivity contribution < 1.29 is 31.9 Å². The van der Waals surface area contributed by atoms with Gasteiger partial charge in [0.05, 0.1) is 6.04 Å². The van der Waals surface area contributed by atoms with E-state index in [0.717, 1.165) is 17.7 Å². The average molecular weight is 538 g/mol. The van der Waals surface area contributed by atoms with Crippen LogP contribution in [0.25, 0.3) is 0 Å². The molecule has 0 saturated heterocycles. The van der Waals surface area contributed by atoms with Gasteiger partial charge in [-0.15, -0.1) is 11.8 Å². The smallest absolute Gasteiger partial charge is 0.408 e. The number of fused-ring (bicyclic) bond motifs is 3. The number of benzene rings is 2. The molecule has 3 aromatic rings. The SMILES string of the molecule is Cc1cn2c(c(O)c1=O)C(=O)N([C@H](C)C(F)(F)F)CN2[C@@H]1c2ccccc2SCc2c1ccc(F)c2F. The van der Waals surface area contributed by atoms with Crippen LogP contribution in [0.15, 0.2) is 52.3 Å². The standard InChI is InChI=1S/C25H20F5N3O3S/c1-12-9-32-21(23(35)22(12)34)24(36)31(13(2)25(28,29)30)11-33(32)20-14-7-8-17(26)19(27)16(14)10-37-18-6-4-3-5-15(18)20/h3-9,13,20,35H,10-11H2,1-2H3/t13-,20+/m1/s1. The van der Waals surface area contributed by atoms with Crippen LogP contribution in [0.1, 0.15) is 45.7 Å². The summed E-state index contributed by atoms with van der Waals surface area (Å²) in [4.78, 5) is 26.9. The molecule has 1 aromatic heterocycles. The number of alkyl halides is 3. The van der Waals surface area contributed by atoms with Crippen molar-refractivity contribution in [1.29, 1.82) is 0 Å². The Morgan fingerprint density at radius 1 is 1.08 bits per heavy atom. The molecule has 0 fully saturated rings. The Hall–Kier alpha value is -3.54. The van der Waals surface area contributed by atoms with E-state index in [0.29, 0.717) is 15.4 Å². The first-order valence-electron chi connectivity index (χ1n) is 11.2. The summed E-state index contributed by atoms with van der Waals surface area (Å²) in [5.74, 6) is -4.25. The summed E-state index contributed by atoms with van der Waals surface area (Å²) < 4.78 is 71.8. The van der Waals surface area contributed by atoms with E-state index in [1.165, 1.54) is 36.0 Å². The molecule has 6 nitrogen and oxygen atoms in total. The second-order valence-corrected chi connectivity index (χ2v) is 9.93. The van der Waals surface area contributed by atoms with E-state index >= 15 is 4.39 Å². The van der Waals surface area contributed by atoms with Gasteiger partial charge in [0, 0.05) is 28.0 Å². The lowest BCUT2D eigenvalue weighted by Gasteiger charge is -2.46. The van der Waals surface area contributed by atoms with Crippen LogP contribution in [0.3, 0.4) is 0 Å². The van der Waals surface area contributed by atoms with Gasteiger partial charge in [-0.25, -0.2) is 8.78 Å². The molecular formula is C25H20F5N3O3S. The molecule has 3 heterocycles. The van der Waals surface area contributed by atoms with Gasteiger partial charge in [-0.05, 0) is 37.1 Å². The van der Waals surface area contributed by atoms with Crippen molar-refractivity contribution in [2.75, 3.05) is 11.7 Å². The van der Waals surface area contributed by atoms with Crippen molar-refractivity contribution in [3.8, 4) is 5.75 Å². The van der Waals surface area contributed by atoms with Gasteiger partial charge < -0.3 is 10.0 Å². The van der Waals surface area contributed by atoms with Crippen LogP contribution >= 0.6 is 11.8 Å². The molecule has 0 spiro atoms. The molecule has 2 aliphatic heterocycles. The second-order valence-electron chi connectivity index (χ2n) is 8.91. The van der Waals surface area contributed by atoms with Crippen LogP contribution < -0.4 is 10.4 Å². The number of hydrogen-bond donors (Lipinski definition) is 1. The molecule has 0 unspecified atom stereocenters. The van der Waals surface area contributed by atoms with E-state index in [2.05, 4.69) is 0 Å². The van der Waals surface area contributed by atoms with E-state index in [-0.39, 0.29) is 22.4 Å². The second kappa shape index (κ2) is 8.79. The van der Waals surface area contributed by atoms with Crippen molar-refractivity contribution in [1.82, 2.24) is 9.58 Å². The van der Waals surface area contributed by atoms with Crippen LogP contribution in [0.5, 0.6) is 5.75 Å². The maximum atomic E-state index is 15.0. The van der Waals surface area contributed by atoms with E-state index in [4.69, 9.17) is 0 Å². The molecule has 12 heteroatoms. The van der Waals surface area contributed by atoms with Crippen molar-refractivity contribution in [3.05, 3.63) is 92.4 Å². The predicted octanol–water partition coefficient (Wildman–Crippen LogP) is 4.84. The molecule has 2 aliphatic rings. The molecule has 194 valence electrons. The molecule has 37 heavy (non-hydrogen) atoms. The van der Waals surface area contributed by atoms with Gasteiger partial charge in [-0.1, -0.05) is 24.3 Å². The summed E-state index contributed by atoms with van der Waals surface area (Å²) in [5, 5.41) is 12.0. The zero-order chi connectivity index (χ0) is 26.8. The van der Waals surface area contributed by atoms with Crippen molar-refractivity contribution in [2.45, 2.75) is 42.8 Å². The fraction of sp³-hybridized carbons (Fsp3) is 0.280. The van der Waals surface area contributed by atoms with E-state index in [1.54, 1.807) is 24.3 Å². The predicted molar refractivity (Wildman–Crippen MR) is 126 cm³/mol. The molecule has 0 bridgehead atoms. The van der Waals surface area contributed by atoms with Crippen molar-refractivity contribution >= 4 is 17.7 Å². The number of thioether (sulfide) groups is 1. The minimum atomic E-state index is -4.81. The number of hydrogen-bond acceptors (Lipinski definition) is 5. The highest BCUT2D eigenvalue weighted by molar-refractivity contribution is 7.98. The third-order valence-corrected chi connectivity index (χ3v) is 7.85. The number of carbonyl (C=O) groups excluding carboxylic acids is 1. The normalized spacial score (nSPS) is 18.1. The highest BCUT2D eigenvalue weighted by Crippen LogP contribution is 2.44. The van der Waals surface area contributed by atoms with Gasteiger partial charge in [0.15, 0.2) is 23.1 Å². The van der Waals surface area contributed by atoms with Crippen LogP contribution in [-0.2, 0) is 5.75 Å². The average Bonchev–Trinajstić information content (AvgIpc) is 3.01. The zero-order valence-electron chi connectivity index (χ0n) is 19.5. The topological polar surface area (TPSA) is 65.8 Å². The third kappa shape index (κ3) is 3.94. The Labute approximate surface area is 211 Å². The Morgan fingerprint density at radius 3 is 2.49 bits per heavy atom. The van der Waals surface area contributed by atoms with Crippen LogP contribution in [0.2, 0.25) is 0 Å². The third-order valence-electron chi connectivity index (χ3n) is 6.73. The first-order chi connectivity index (χ1) is 17.4. The Bertz CT molecular complexity index is 1490. The number of aryl methyl sites for hydroxylation is 1. The largest absolute Gasteiger partial charge is 0.502 e. The maximum Gasteiger partial charge on any atom is 0.408 e. The number of aromatic hydroxyl groups is 1. The van der Waals surface area contributed by atoms with E-state index < -0.39 is 59.3 Å². The molecule has 2 atom stereocenters. The highest BCUT2D eigenvalue weighted by atomic mass is 32.2. The molecule has 1 N–H and O–H groups in total. The summed E-state index contributed by atoms with van der Waals surface area (Å²) in [6.45, 7) is 1.58. The maximum absolute atomic E-state index is 15.0. The minimum Gasteiger partial charge on any atom is -0.502 e. The molecule has 0 radical (unpaired) electrons. The van der Waals surface area contributed by atoms with Crippen molar-refractivity contribution in [3.63, 3.8) is 0 Å². The molecule has 0 saturated carbocycles. The van der Waals surface area contributed by atoms with Gasteiger partial charge in [0.1, 0.15) is 12.7 Å². The van der Waals surface area contributed by atoms with Crippen LogP contribution in [0, 0.1) is 18.6 Å². The van der Waals surface area contributed by atoms with Gasteiger partial charge in [0.25, 0.3) is 5.91 Å². The lowest BCUT2D eigenvalue weighted by molar-refractivity contribution is -0.173. The Kier molecular flexibility index (Phi) is 5.97. The van der Waals surface area contributed by atoms with Crippen LogP contribution in [0.4, 0.5) is 22.0 Å². The van der Waals surface area contributed by atoms with E-state index in [1.807, 2.05) is 0 Å². The highest BCUT2D eigenvalue weighted by Gasteiger charge is 2.48. The number of pyridine rings is 1. The quantitative estimate of drug-likeness (QED) is 0.474. The number of carbonyl (C=O) groups is 1. The Morgan fingerprint density at radius 2 is 1.78 bits per heavy atom. The molecule has 5 rings (SSSR count). The van der Waals surface area contributed by atoms with E-state index in [9.17, 15) is 32.3 Å².